The normalized spacial score (nSPS) is 28.3. The number of carbonyl (C=O) groups excluding carboxylic acids is 1. The highest BCUT2D eigenvalue weighted by Gasteiger charge is 2.39. The van der Waals surface area contributed by atoms with Gasteiger partial charge in [0.2, 0.25) is 5.91 Å². The lowest BCUT2D eigenvalue weighted by Crippen LogP contribution is -2.46. The molecule has 19 heavy (non-hydrogen) atoms. The lowest BCUT2D eigenvalue weighted by molar-refractivity contribution is -0.123. The Kier molecular flexibility index (Phi) is 4.54. The number of rotatable bonds is 4. The molecule has 1 saturated carbocycles. The molecule has 106 valence electrons. The predicted octanol–water partition coefficient (Wildman–Crippen LogP) is 3.17. The van der Waals surface area contributed by atoms with Crippen LogP contribution >= 0.6 is 22.9 Å². The maximum Gasteiger partial charge on any atom is 0.228 e. The standard InChI is InChI=1S/C14H20ClNO2S/c1-9(10-5-6-12(15)19-10)13(18)16-11-4-3-7-14(11,2)8-17/h5-6,9,11,17H,3-4,7-8H2,1-2H3,(H,16,18)/t9-,11+,14+/m0/s1. The Morgan fingerprint density at radius 1 is 1.68 bits per heavy atom. The third-order valence-electron chi connectivity index (χ3n) is 4.17. The first kappa shape index (κ1) is 14.8. The van der Waals surface area contributed by atoms with E-state index in [0.29, 0.717) is 4.34 Å². The highest BCUT2D eigenvalue weighted by molar-refractivity contribution is 7.16. The molecule has 1 aliphatic carbocycles. The van der Waals surface area contributed by atoms with Crippen molar-refractivity contribution in [3.05, 3.63) is 21.3 Å². The van der Waals surface area contributed by atoms with Crippen molar-refractivity contribution in [1.82, 2.24) is 5.32 Å². The molecule has 3 atom stereocenters. The van der Waals surface area contributed by atoms with Crippen molar-refractivity contribution in [1.29, 1.82) is 0 Å². The maximum absolute atomic E-state index is 12.3. The van der Waals surface area contributed by atoms with Crippen LogP contribution in [0.1, 0.15) is 43.9 Å². The summed E-state index contributed by atoms with van der Waals surface area (Å²) in [5.74, 6) is -0.175. The number of nitrogens with one attached hydrogen (secondary N) is 1. The molecule has 2 rings (SSSR count). The Balaban J connectivity index is 2.01. The first-order valence-electron chi connectivity index (χ1n) is 6.63. The van der Waals surface area contributed by atoms with E-state index in [-0.39, 0.29) is 29.9 Å². The predicted molar refractivity (Wildman–Crippen MR) is 78.7 cm³/mol. The van der Waals surface area contributed by atoms with E-state index in [4.69, 9.17) is 11.6 Å². The van der Waals surface area contributed by atoms with Crippen molar-refractivity contribution in [3.63, 3.8) is 0 Å². The summed E-state index contributed by atoms with van der Waals surface area (Å²) in [6.45, 7) is 4.05. The van der Waals surface area contributed by atoms with Gasteiger partial charge in [-0.15, -0.1) is 11.3 Å². The number of thiophene rings is 1. The number of hydrogen-bond acceptors (Lipinski definition) is 3. The van der Waals surface area contributed by atoms with Crippen molar-refractivity contribution < 1.29 is 9.90 Å². The van der Waals surface area contributed by atoms with E-state index in [1.807, 2.05) is 26.0 Å². The van der Waals surface area contributed by atoms with Gasteiger partial charge < -0.3 is 10.4 Å². The molecule has 0 radical (unpaired) electrons. The second-order valence-corrected chi connectivity index (χ2v) is 7.38. The van der Waals surface area contributed by atoms with E-state index in [1.165, 1.54) is 11.3 Å². The molecule has 5 heteroatoms. The third kappa shape index (κ3) is 3.12. The minimum Gasteiger partial charge on any atom is -0.396 e. The molecule has 1 aromatic rings. The minimum absolute atomic E-state index is 0.0186. The average Bonchev–Trinajstić information content (AvgIpc) is 2.96. The molecule has 0 unspecified atom stereocenters. The van der Waals surface area contributed by atoms with Crippen LogP contribution in [0.15, 0.2) is 12.1 Å². The largest absolute Gasteiger partial charge is 0.396 e. The number of amides is 1. The minimum atomic E-state index is -0.193. The molecule has 1 heterocycles. The van der Waals surface area contributed by atoms with Crippen molar-refractivity contribution in [2.45, 2.75) is 45.1 Å². The smallest absolute Gasteiger partial charge is 0.228 e. The molecular formula is C14H20ClNO2S. The van der Waals surface area contributed by atoms with Gasteiger partial charge in [0.1, 0.15) is 0 Å². The fourth-order valence-electron chi connectivity index (χ4n) is 2.66. The molecule has 0 bridgehead atoms. The van der Waals surface area contributed by atoms with Crippen molar-refractivity contribution in [2.75, 3.05) is 6.61 Å². The summed E-state index contributed by atoms with van der Waals surface area (Å²) in [7, 11) is 0. The molecule has 0 spiro atoms. The summed E-state index contributed by atoms with van der Waals surface area (Å²) in [6, 6.07) is 3.79. The lowest BCUT2D eigenvalue weighted by Gasteiger charge is -2.30. The first-order valence-corrected chi connectivity index (χ1v) is 7.82. The zero-order valence-electron chi connectivity index (χ0n) is 11.3. The van der Waals surface area contributed by atoms with E-state index in [9.17, 15) is 9.90 Å². The number of halogens is 1. The van der Waals surface area contributed by atoms with Crippen molar-refractivity contribution in [2.24, 2.45) is 5.41 Å². The van der Waals surface area contributed by atoms with Gasteiger partial charge in [0.15, 0.2) is 0 Å². The fourth-order valence-corrected chi connectivity index (χ4v) is 3.77. The molecule has 0 aliphatic heterocycles. The zero-order valence-corrected chi connectivity index (χ0v) is 12.9. The summed E-state index contributed by atoms with van der Waals surface area (Å²) in [4.78, 5) is 13.3. The van der Waals surface area contributed by atoms with Gasteiger partial charge in [-0.2, -0.15) is 0 Å². The van der Waals surface area contributed by atoms with E-state index in [2.05, 4.69) is 5.32 Å². The Morgan fingerprint density at radius 2 is 2.42 bits per heavy atom. The molecule has 1 aliphatic rings. The van der Waals surface area contributed by atoms with Gasteiger partial charge in [-0.3, -0.25) is 4.79 Å². The van der Waals surface area contributed by atoms with E-state index in [1.54, 1.807) is 0 Å². The molecule has 3 nitrogen and oxygen atoms in total. The van der Waals surface area contributed by atoms with E-state index in [0.717, 1.165) is 24.1 Å². The van der Waals surface area contributed by atoms with Gasteiger partial charge in [-0.1, -0.05) is 24.9 Å². The summed E-state index contributed by atoms with van der Waals surface area (Å²) in [6.07, 6.45) is 2.97. The van der Waals surface area contributed by atoms with Crippen molar-refractivity contribution in [3.8, 4) is 0 Å². The van der Waals surface area contributed by atoms with Gasteiger partial charge in [-0.25, -0.2) is 0 Å². The monoisotopic (exact) mass is 301 g/mol. The number of aliphatic hydroxyl groups excluding tert-OH is 1. The first-order chi connectivity index (χ1) is 8.96. The van der Waals surface area contributed by atoms with Crippen molar-refractivity contribution >= 4 is 28.8 Å². The van der Waals surface area contributed by atoms with Crippen LogP contribution in [0.25, 0.3) is 0 Å². The van der Waals surface area contributed by atoms with Crippen LogP contribution in [0.5, 0.6) is 0 Å². The van der Waals surface area contributed by atoms with Crippen LogP contribution in [0.2, 0.25) is 4.34 Å². The summed E-state index contributed by atoms with van der Waals surface area (Å²) >= 11 is 7.34. The highest BCUT2D eigenvalue weighted by Crippen LogP contribution is 2.38. The summed E-state index contributed by atoms with van der Waals surface area (Å²) in [5.41, 5.74) is -0.178. The quantitative estimate of drug-likeness (QED) is 0.897. The molecular weight excluding hydrogens is 282 g/mol. The van der Waals surface area contributed by atoms with Gasteiger partial charge in [-0.05, 0) is 31.9 Å². The molecule has 0 saturated heterocycles. The number of hydrogen-bond donors (Lipinski definition) is 2. The fraction of sp³-hybridized carbons (Fsp3) is 0.643. The highest BCUT2D eigenvalue weighted by atomic mass is 35.5. The summed E-state index contributed by atoms with van der Waals surface area (Å²) < 4.78 is 0.704. The lowest BCUT2D eigenvalue weighted by atomic mass is 9.85. The Bertz CT molecular complexity index is 462. The Morgan fingerprint density at radius 3 is 3.00 bits per heavy atom. The third-order valence-corrected chi connectivity index (χ3v) is 5.59. The van der Waals surface area contributed by atoms with Crippen LogP contribution in [-0.4, -0.2) is 23.7 Å². The summed E-state index contributed by atoms with van der Waals surface area (Å²) in [5, 5.41) is 12.6. The van der Waals surface area contributed by atoms with Gasteiger partial charge in [0.25, 0.3) is 0 Å². The zero-order chi connectivity index (χ0) is 14.0. The second-order valence-electron chi connectivity index (χ2n) is 5.63. The SMILES string of the molecule is C[C@H](C(=O)N[C@@H]1CCC[C@]1(C)CO)c1ccc(Cl)s1. The molecule has 0 aromatic carbocycles. The van der Waals surface area contributed by atoms with Gasteiger partial charge >= 0.3 is 0 Å². The van der Waals surface area contributed by atoms with Crippen LogP contribution in [0.4, 0.5) is 0 Å². The topological polar surface area (TPSA) is 49.3 Å². The second kappa shape index (κ2) is 5.81. The Hall–Kier alpha value is -0.580. The maximum atomic E-state index is 12.3. The number of carbonyl (C=O) groups is 1. The molecule has 1 aromatic heterocycles. The van der Waals surface area contributed by atoms with Crippen LogP contribution < -0.4 is 5.32 Å². The molecule has 1 amide bonds. The Labute approximate surface area is 123 Å². The van der Waals surface area contributed by atoms with E-state index < -0.39 is 0 Å². The average molecular weight is 302 g/mol. The van der Waals surface area contributed by atoms with E-state index >= 15 is 0 Å². The van der Waals surface area contributed by atoms with Crippen LogP contribution in [-0.2, 0) is 4.79 Å². The number of aliphatic hydroxyl groups is 1. The van der Waals surface area contributed by atoms with Crippen LogP contribution in [0.3, 0.4) is 0 Å². The van der Waals surface area contributed by atoms with Gasteiger partial charge in [0.05, 0.1) is 16.9 Å². The molecule has 2 N–H and O–H groups in total. The van der Waals surface area contributed by atoms with Gasteiger partial charge in [0, 0.05) is 16.3 Å². The molecule has 1 fully saturated rings. The van der Waals surface area contributed by atoms with Crippen LogP contribution in [0, 0.1) is 5.41 Å².